The van der Waals surface area contributed by atoms with Gasteiger partial charge in [0.05, 0.1) is 28.3 Å². The third-order valence-corrected chi connectivity index (χ3v) is 6.05. The lowest BCUT2D eigenvalue weighted by atomic mass is 10.1. The number of halogens is 3. The number of carbonyl (C=O) groups excluding carboxylic acids is 1. The molecule has 0 saturated heterocycles. The fourth-order valence-electron chi connectivity index (χ4n) is 3.92. The normalized spacial score (nSPS) is 13.7. The van der Waals surface area contributed by atoms with Crippen LogP contribution >= 0.6 is 15.9 Å². The first kappa shape index (κ1) is 21.7. The van der Waals surface area contributed by atoms with Crippen molar-refractivity contribution in [3.8, 4) is 0 Å². The lowest BCUT2D eigenvalue weighted by Crippen LogP contribution is -2.20. The van der Waals surface area contributed by atoms with Gasteiger partial charge in [0, 0.05) is 29.1 Å². The van der Waals surface area contributed by atoms with Crippen LogP contribution in [0.25, 0.3) is 11.0 Å². The van der Waals surface area contributed by atoms with Crippen LogP contribution in [0.1, 0.15) is 47.7 Å². The maximum Gasteiger partial charge on any atom is 0.264 e. The van der Waals surface area contributed by atoms with Crippen LogP contribution in [-0.4, -0.2) is 30.5 Å². The minimum atomic E-state index is -2.63. The van der Waals surface area contributed by atoms with Crippen molar-refractivity contribution in [2.75, 3.05) is 5.32 Å². The number of fused-ring (bicyclic) bond motifs is 1. The molecule has 7 nitrogen and oxygen atoms in total. The third-order valence-electron chi connectivity index (χ3n) is 5.64. The first-order chi connectivity index (χ1) is 15.9. The number of alkyl halides is 2. The van der Waals surface area contributed by atoms with Crippen molar-refractivity contribution < 1.29 is 13.6 Å². The number of anilines is 1. The Labute approximate surface area is 196 Å². The van der Waals surface area contributed by atoms with Crippen LogP contribution in [0.5, 0.6) is 0 Å². The number of pyridine rings is 1. The van der Waals surface area contributed by atoms with Gasteiger partial charge in [0.25, 0.3) is 6.43 Å². The van der Waals surface area contributed by atoms with E-state index in [-0.39, 0.29) is 23.9 Å². The largest absolute Gasteiger partial charge is 0.324 e. The predicted octanol–water partition coefficient (Wildman–Crippen LogP) is 5.20. The minimum Gasteiger partial charge on any atom is -0.324 e. The standard InChI is InChI=1S/C23H21BrF2N6O/c1-13-21-18(22(25)26)8-19(15-4-5-15)29-23(21)32(30-13)12-20(33)28-17-6-2-14(3-7-17)10-31-11-16(24)9-27-31/h2-3,6-9,11,15,22H,4-5,10,12H2,1H3,(H,28,33). The van der Waals surface area contributed by atoms with Crippen molar-refractivity contribution in [3.63, 3.8) is 0 Å². The summed E-state index contributed by atoms with van der Waals surface area (Å²) in [6.07, 6.45) is 2.88. The quantitative estimate of drug-likeness (QED) is 0.367. The van der Waals surface area contributed by atoms with Gasteiger partial charge in [0.1, 0.15) is 6.54 Å². The van der Waals surface area contributed by atoms with E-state index >= 15 is 0 Å². The van der Waals surface area contributed by atoms with Crippen LogP contribution in [0.3, 0.4) is 0 Å². The van der Waals surface area contributed by atoms with E-state index < -0.39 is 6.43 Å². The zero-order chi connectivity index (χ0) is 23.1. The summed E-state index contributed by atoms with van der Waals surface area (Å²) in [5.41, 5.74) is 3.04. The highest BCUT2D eigenvalue weighted by molar-refractivity contribution is 9.10. The van der Waals surface area contributed by atoms with Gasteiger partial charge in [-0.1, -0.05) is 12.1 Å². The number of nitrogens with zero attached hydrogens (tertiary/aromatic N) is 5. The molecule has 1 aromatic carbocycles. The molecule has 0 radical (unpaired) electrons. The Kier molecular flexibility index (Phi) is 5.69. The van der Waals surface area contributed by atoms with Crippen LogP contribution < -0.4 is 5.32 Å². The van der Waals surface area contributed by atoms with Crippen LogP contribution in [0.4, 0.5) is 14.5 Å². The van der Waals surface area contributed by atoms with Crippen molar-refractivity contribution in [1.29, 1.82) is 0 Å². The van der Waals surface area contributed by atoms with Gasteiger partial charge in [0.15, 0.2) is 5.65 Å². The molecule has 5 rings (SSSR count). The number of hydrogen-bond acceptors (Lipinski definition) is 4. The summed E-state index contributed by atoms with van der Waals surface area (Å²) in [7, 11) is 0. The highest BCUT2D eigenvalue weighted by Crippen LogP contribution is 2.41. The summed E-state index contributed by atoms with van der Waals surface area (Å²) in [5, 5.41) is 11.7. The van der Waals surface area contributed by atoms with E-state index in [1.54, 1.807) is 17.8 Å². The number of hydrogen-bond donors (Lipinski definition) is 1. The summed E-state index contributed by atoms with van der Waals surface area (Å²) in [5.74, 6) is -0.0915. The van der Waals surface area contributed by atoms with Crippen LogP contribution in [0, 0.1) is 6.92 Å². The lowest BCUT2D eigenvalue weighted by molar-refractivity contribution is -0.116. The molecule has 1 saturated carbocycles. The molecule has 170 valence electrons. The Morgan fingerprint density at radius 1 is 1.27 bits per heavy atom. The third kappa shape index (κ3) is 4.66. The molecule has 1 amide bonds. The molecule has 0 spiro atoms. The number of aryl methyl sites for hydroxylation is 1. The van der Waals surface area contributed by atoms with Crippen molar-refractivity contribution >= 4 is 38.6 Å². The van der Waals surface area contributed by atoms with Gasteiger partial charge < -0.3 is 5.32 Å². The molecule has 4 aromatic rings. The van der Waals surface area contributed by atoms with E-state index in [9.17, 15) is 13.6 Å². The summed E-state index contributed by atoms with van der Waals surface area (Å²) in [4.78, 5) is 17.3. The van der Waals surface area contributed by atoms with Gasteiger partial charge in [-0.3, -0.25) is 9.48 Å². The maximum absolute atomic E-state index is 13.7. The average Bonchev–Trinajstić information content (AvgIpc) is 3.48. The second-order valence-electron chi connectivity index (χ2n) is 8.25. The molecule has 1 N–H and O–H groups in total. The van der Waals surface area contributed by atoms with Crippen molar-refractivity contribution in [2.24, 2.45) is 0 Å². The molecule has 0 unspecified atom stereocenters. The average molecular weight is 515 g/mol. The molecular weight excluding hydrogens is 494 g/mol. The molecular formula is C23H21BrF2N6O. The van der Waals surface area contributed by atoms with Crippen LogP contribution in [-0.2, 0) is 17.9 Å². The summed E-state index contributed by atoms with van der Waals surface area (Å²) in [6, 6.07) is 8.95. The molecule has 1 aliphatic rings. The fourth-order valence-corrected chi connectivity index (χ4v) is 4.25. The van der Waals surface area contributed by atoms with E-state index in [2.05, 4.69) is 36.4 Å². The highest BCUT2D eigenvalue weighted by Gasteiger charge is 2.29. The Morgan fingerprint density at radius 2 is 2.03 bits per heavy atom. The van der Waals surface area contributed by atoms with Crippen LogP contribution in [0.15, 0.2) is 47.2 Å². The first-order valence-corrected chi connectivity index (χ1v) is 11.4. The van der Waals surface area contributed by atoms with E-state index in [1.807, 2.05) is 30.5 Å². The smallest absolute Gasteiger partial charge is 0.264 e. The summed E-state index contributed by atoms with van der Waals surface area (Å²) in [6.45, 7) is 2.16. The maximum atomic E-state index is 13.7. The number of aromatic nitrogens is 5. The van der Waals surface area contributed by atoms with Gasteiger partial charge in [-0.15, -0.1) is 0 Å². The molecule has 3 aromatic heterocycles. The molecule has 10 heteroatoms. The van der Waals surface area contributed by atoms with Gasteiger partial charge >= 0.3 is 0 Å². The Morgan fingerprint density at radius 3 is 2.67 bits per heavy atom. The lowest BCUT2D eigenvalue weighted by Gasteiger charge is -2.09. The molecule has 1 aliphatic carbocycles. The Balaban J connectivity index is 1.33. The van der Waals surface area contributed by atoms with Gasteiger partial charge in [-0.2, -0.15) is 10.2 Å². The second kappa shape index (κ2) is 8.66. The van der Waals surface area contributed by atoms with E-state index in [0.29, 0.717) is 34.7 Å². The van der Waals surface area contributed by atoms with Crippen molar-refractivity contribution in [1.82, 2.24) is 24.5 Å². The topological polar surface area (TPSA) is 77.6 Å². The molecule has 0 bridgehead atoms. The molecule has 1 fully saturated rings. The SMILES string of the molecule is Cc1nn(CC(=O)Nc2ccc(Cn3cc(Br)cn3)cc2)c2nc(C3CC3)cc(C(F)F)c12. The molecule has 3 heterocycles. The van der Waals surface area contributed by atoms with Gasteiger partial charge in [0.2, 0.25) is 5.91 Å². The number of rotatable bonds is 7. The highest BCUT2D eigenvalue weighted by atomic mass is 79.9. The van der Waals surface area contributed by atoms with Crippen LogP contribution in [0.2, 0.25) is 0 Å². The molecule has 33 heavy (non-hydrogen) atoms. The van der Waals surface area contributed by atoms with Gasteiger partial charge in [-0.05, 0) is 59.5 Å². The number of amides is 1. The first-order valence-electron chi connectivity index (χ1n) is 10.6. The predicted molar refractivity (Wildman–Crippen MR) is 123 cm³/mol. The summed E-state index contributed by atoms with van der Waals surface area (Å²) < 4.78 is 31.6. The van der Waals surface area contributed by atoms with E-state index in [0.717, 1.165) is 22.9 Å². The molecule has 0 atom stereocenters. The zero-order valence-corrected chi connectivity index (χ0v) is 19.4. The fraction of sp³-hybridized carbons (Fsp3) is 0.304. The van der Waals surface area contributed by atoms with E-state index in [1.165, 1.54) is 10.7 Å². The number of nitrogens with one attached hydrogen (secondary N) is 1. The van der Waals surface area contributed by atoms with Crippen molar-refractivity contribution in [3.05, 3.63) is 69.7 Å². The second-order valence-corrected chi connectivity index (χ2v) is 9.17. The zero-order valence-electron chi connectivity index (χ0n) is 17.8. The number of carbonyl (C=O) groups is 1. The summed E-state index contributed by atoms with van der Waals surface area (Å²) >= 11 is 3.37. The van der Waals surface area contributed by atoms with E-state index in [4.69, 9.17) is 0 Å². The van der Waals surface area contributed by atoms with Crippen molar-refractivity contribution in [2.45, 2.75) is 45.2 Å². The Bertz CT molecular complexity index is 1330. The van der Waals surface area contributed by atoms with Gasteiger partial charge in [-0.25, -0.2) is 18.4 Å². The monoisotopic (exact) mass is 514 g/mol. The number of benzene rings is 1. The minimum absolute atomic E-state index is 0.0640. The Hall–Kier alpha value is -3.14. The molecule has 0 aliphatic heterocycles.